The number of pyridine rings is 1. The highest BCUT2D eigenvalue weighted by molar-refractivity contribution is 7.80. The maximum absolute atomic E-state index is 5.66. The van der Waals surface area contributed by atoms with E-state index in [1.807, 2.05) is 30.5 Å². The molecule has 3 aromatic rings. The predicted octanol–water partition coefficient (Wildman–Crippen LogP) is 2.91. The van der Waals surface area contributed by atoms with E-state index in [2.05, 4.69) is 33.9 Å². The summed E-state index contributed by atoms with van der Waals surface area (Å²) in [4.78, 5) is 4.79. The Labute approximate surface area is 123 Å². The van der Waals surface area contributed by atoms with Crippen LogP contribution in [0.3, 0.4) is 0 Å². The maximum Gasteiger partial charge on any atom is 0.104 e. The predicted molar refractivity (Wildman–Crippen MR) is 85.8 cm³/mol. The number of fused-ring (bicyclic) bond motifs is 1. The first-order chi connectivity index (χ1) is 9.74. The lowest BCUT2D eigenvalue weighted by Gasteiger charge is -2.06. The first-order valence-corrected chi connectivity index (χ1v) is 6.93. The monoisotopic (exact) mass is 281 g/mol. The Morgan fingerprint density at radius 1 is 1.20 bits per heavy atom. The van der Waals surface area contributed by atoms with Crippen LogP contribution in [-0.2, 0) is 13.0 Å². The largest absolute Gasteiger partial charge is 0.389 e. The molecule has 2 aromatic heterocycles. The van der Waals surface area contributed by atoms with Gasteiger partial charge in [-0.25, -0.2) is 0 Å². The topological polar surface area (TPSA) is 43.8 Å². The van der Waals surface area contributed by atoms with Crippen molar-refractivity contribution < 1.29 is 0 Å². The van der Waals surface area contributed by atoms with Crippen molar-refractivity contribution in [3.63, 3.8) is 0 Å². The van der Waals surface area contributed by atoms with Gasteiger partial charge in [-0.2, -0.15) is 0 Å². The van der Waals surface area contributed by atoms with Gasteiger partial charge in [0, 0.05) is 47.5 Å². The Morgan fingerprint density at radius 2 is 2.10 bits per heavy atom. The molecule has 0 aliphatic heterocycles. The van der Waals surface area contributed by atoms with Gasteiger partial charge in [0.05, 0.1) is 0 Å². The summed E-state index contributed by atoms with van der Waals surface area (Å²) in [5.74, 6) is 0. The molecule has 0 saturated heterocycles. The summed E-state index contributed by atoms with van der Waals surface area (Å²) in [6.45, 7) is 0.910. The van der Waals surface area contributed by atoms with Crippen LogP contribution < -0.4 is 5.73 Å². The zero-order valence-corrected chi connectivity index (χ0v) is 11.8. The lowest BCUT2D eigenvalue weighted by atomic mass is 10.1. The van der Waals surface area contributed by atoms with Crippen LogP contribution in [0, 0.1) is 0 Å². The van der Waals surface area contributed by atoms with Gasteiger partial charge in [0.1, 0.15) is 4.99 Å². The molecule has 2 N–H and O–H groups in total. The van der Waals surface area contributed by atoms with Gasteiger partial charge in [-0.05, 0) is 36.4 Å². The molecule has 0 saturated carbocycles. The molecular formula is C16H15N3S. The normalized spacial score (nSPS) is 10.8. The van der Waals surface area contributed by atoms with E-state index in [0.29, 0.717) is 4.99 Å². The highest BCUT2D eigenvalue weighted by atomic mass is 32.1. The molecule has 0 aliphatic carbocycles. The van der Waals surface area contributed by atoms with Crippen LogP contribution >= 0.6 is 12.2 Å². The number of nitrogens with zero attached hydrogens (tertiary/aromatic N) is 2. The molecule has 0 spiro atoms. The van der Waals surface area contributed by atoms with E-state index in [9.17, 15) is 0 Å². The van der Waals surface area contributed by atoms with Crippen LogP contribution in [0.5, 0.6) is 0 Å². The number of aryl methyl sites for hydroxylation is 2. The second-order valence-electron chi connectivity index (χ2n) is 4.72. The number of hydrogen-bond donors (Lipinski definition) is 1. The summed E-state index contributed by atoms with van der Waals surface area (Å²) in [5, 5.41) is 1.16. The number of benzene rings is 1. The third kappa shape index (κ3) is 2.56. The van der Waals surface area contributed by atoms with Gasteiger partial charge in [-0.3, -0.25) is 4.98 Å². The molecule has 3 rings (SSSR count). The number of rotatable bonds is 4. The van der Waals surface area contributed by atoms with E-state index in [-0.39, 0.29) is 0 Å². The molecule has 0 aliphatic rings. The summed E-state index contributed by atoms with van der Waals surface area (Å²) in [5.41, 5.74) is 8.88. The molecule has 0 atom stereocenters. The van der Waals surface area contributed by atoms with Crippen molar-refractivity contribution >= 4 is 28.1 Å². The van der Waals surface area contributed by atoms with Crippen LogP contribution in [0.4, 0.5) is 0 Å². The molecule has 0 unspecified atom stereocenters. The first-order valence-electron chi connectivity index (χ1n) is 6.52. The maximum atomic E-state index is 5.66. The van der Waals surface area contributed by atoms with Crippen molar-refractivity contribution in [3.05, 3.63) is 66.1 Å². The molecule has 4 heteroatoms. The lowest BCUT2D eigenvalue weighted by molar-refractivity contribution is 0.710. The third-order valence-corrected chi connectivity index (χ3v) is 3.63. The Balaban J connectivity index is 1.84. The van der Waals surface area contributed by atoms with E-state index >= 15 is 0 Å². The summed E-state index contributed by atoms with van der Waals surface area (Å²) < 4.78 is 2.23. The summed E-state index contributed by atoms with van der Waals surface area (Å²) in [7, 11) is 0. The third-order valence-electron chi connectivity index (χ3n) is 3.39. The molecule has 0 radical (unpaired) electrons. The minimum Gasteiger partial charge on any atom is -0.389 e. The fraction of sp³-hybridized carbons (Fsp3) is 0.125. The standard InChI is InChI=1S/C16H15N3S/c17-16(20)13-4-5-15-12(11-13)6-9-19(15)10-7-14-3-1-2-8-18-14/h1-6,8-9,11H,7,10H2,(H2,17,20). The van der Waals surface area contributed by atoms with Crippen molar-refractivity contribution in [2.75, 3.05) is 0 Å². The van der Waals surface area contributed by atoms with E-state index in [1.54, 1.807) is 0 Å². The first kappa shape index (κ1) is 12.8. The highest BCUT2D eigenvalue weighted by Crippen LogP contribution is 2.18. The average molecular weight is 281 g/mol. The molecule has 3 nitrogen and oxygen atoms in total. The molecular weight excluding hydrogens is 266 g/mol. The van der Waals surface area contributed by atoms with Crippen LogP contribution in [0.25, 0.3) is 10.9 Å². The van der Waals surface area contributed by atoms with Crippen molar-refractivity contribution in [1.29, 1.82) is 0 Å². The van der Waals surface area contributed by atoms with E-state index < -0.39 is 0 Å². The summed E-state index contributed by atoms with van der Waals surface area (Å²) >= 11 is 5.01. The minimum absolute atomic E-state index is 0.438. The van der Waals surface area contributed by atoms with Crippen molar-refractivity contribution in [3.8, 4) is 0 Å². The van der Waals surface area contributed by atoms with E-state index in [0.717, 1.165) is 29.6 Å². The summed E-state index contributed by atoms with van der Waals surface area (Å²) in [6.07, 6.45) is 4.84. The van der Waals surface area contributed by atoms with Crippen molar-refractivity contribution in [2.24, 2.45) is 5.73 Å². The van der Waals surface area contributed by atoms with Gasteiger partial charge < -0.3 is 10.3 Å². The zero-order valence-electron chi connectivity index (χ0n) is 11.0. The molecule has 0 fully saturated rings. The SMILES string of the molecule is NC(=S)c1ccc2c(ccn2CCc2ccccn2)c1. The molecule has 20 heavy (non-hydrogen) atoms. The fourth-order valence-corrected chi connectivity index (χ4v) is 2.46. The summed E-state index contributed by atoms with van der Waals surface area (Å²) in [6, 6.07) is 14.2. The molecule has 100 valence electrons. The zero-order chi connectivity index (χ0) is 13.9. The lowest BCUT2D eigenvalue weighted by Crippen LogP contribution is -2.09. The second-order valence-corrected chi connectivity index (χ2v) is 5.16. The average Bonchev–Trinajstić information content (AvgIpc) is 2.88. The van der Waals surface area contributed by atoms with Crippen LogP contribution in [0.15, 0.2) is 54.9 Å². The van der Waals surface area contributed by atoms with Gasteiger partial charge in [0.2, 0.25) is 0 Å². The number of thiocarbonyl (C=S) groups is 1. The fourth-order valence-electron chi connectivity index (χ4n) is 2.33. The minimum atomic E-state index is 0.438. The van der Waals surface area contributed by atoms with Crippen molar-refractivity contribution in [1.82, 2.24) is 9.55 Å². The smallest absolute Gasteiger partial charge is 0.104 e. The van der Waals surface area contributed by atoms with E-state index in [4.69, 9.17) is 18.0 Å². The Hall–Kier alpha value is -2.20. The van der Waals surface area contributed by atoms with Crippen LogP contribution in [-0.4, -0.2) is 14.5 Å². The second kappa shape index (κ2) is 5.43. The molecule has 2 heterocycles. The van der Waals surface area contributed by atoms with Crippen LogP contribution in [0.1, 0.15) is 11.3 Å². The molecule has 0 amide bonds. The number of hydrogen-bond acceptors (Lipinski definition) is 2. The molecule has 0 bridgehead atoms. The van der Waals surface area contributed by atoms with Crippen molar-refractivity contribution in [2.45, 2.75) is 13.0 Å². The van der Waals surface area contributed by atoms with Gasteiger partial charge in [0.25, 0.3) is 0 Å². The number of nitrogens with two attached hydrogens (primary N) is 1. The highest BCUT2D eigenvalue weighted by Gasteiger charge is 2.04. The van der Waals surface area contributed by atoms with Gasteiger partial charge in [-0.15, -0.1) is 0 Å². The molecule has 1 aromatic carbocycles. The Kier molecular flexibility index (Phi) is 3.48. The quantitative estimate of drug-likeness (QED) is 0.748. The van der Waals surface area contributed by atoms with Gasteiger partial charge >= 0.3 is 0 Å². The van der Waals surface area contributed by atoms with E-state index in [1.165, 1.54) is 5.52 Å². The van der Waals surface area contributed by atoms with Gasteiger partial charge in [-0.1, -0.05) is 18.3 Å². The van der Waals surface area contributed by atoms with Gasteiger partial charge in [0.15, 0.2) is 0 Å². The Morgan fingerprint density at radius 3 is 2.85 bits per heavy atom. The number of aromatic nitrogens is 2. The Bertz CT molecular complexity index is 747. The van der Waals surface area contributed by atoms with Crippen LogP contribution in [0.2, 0.25) is 0 Å².